The summed E-state index contributed by atoms with van der Waals surface area (Å²) in [7, 11) is 0. The molecule has 1 amide bonds. The molecule has 1 aromatic rings. The molecule has 0 heterocycles. The van der Waals surface area contributed by atoms with Gasteiger partial charge in [0, 0.05) is 0 Å². The quantitative estimate of drug-likeness (QED) is 0.856. The van der Waals surface area contributed by atoms with Crippen molar-refractivity contribution < 1.29 is 14.7 Å². The molecule has 0 aromatic heterocycles. The van der Waals surface area contributed by atoms with Crippen LogP contribution in [0.4, 0.5) is 4.79 Å². The third kappa shape index (κ3) is 4.72. The van der Waals surface area contributed by atoms with Gasteiger partial charge >= 0.3 is 0 Å². The number of amides is 1. The Hall–Kier alpha value is -0.970. The predicted molar refractivity (Wildman–Crippen MR) is 67.8 cm³/mol. The van der Waals surface area contributed by atoms with Crippen molar-refractivity contribution >= 4 is 46.7 Å². The number of carbonyl (C=O) groups is 2. The van der Waals surface area contributed by atoms with Gasteiger partial charge in [0.05, 0.1) is 6.04 Å². The number of benzene rings is 1. The Kier molecular flexibility index (Phi) is 5.26. The first-order chi connectivity index (χ1) is 8.30. The normalized spacial score (nSPS) is 12.8. The molecule has 0 aliphatic heterocycles. The number of ketones is 1. The zero-order valence-electron chi connectivity index (χ0n) is 9.03. The largest absolute Gasteiger partial charge is 0.530 e. The third-order valence-electron chi connectivity index (χ3n) is 2.17. The van der Waals surface area contributed by atoms with Crippen LogP contribution in [0.5, 0.6) is 0 Å². The Labute approximate surface area is 119 Å². The fourth-order valence-electron chi connectivity index (χ4n) is 1.40. The summed E-state index contributed by atoms with van der Waals surface area (Å²) in [5.41, 5.74) is 0.735. The number of alkyl halides is 3. The highest BCUT2D eigenvalue weighted by Crippen LogP contribution is 2.29. The Morgan fingerprint density at radius 1 is 1.22 bits per heavy atom. The molecule has 1 N–H and O–H groups in total. The van der Waals surface area contributed by atoms with Crippen LogP contribution in [0.15, 0.2) is 30.3 Å². The molecule has 1 rings (SSSR count). The zero-order valence-corrected chi connectivity index (χ0v) is 11.3. The molecule has 1 aromatic carbocycles. The van der Waals surface area contributed by atoms with Gasteiger partial charge in [-0.25, -0.2) is 0 Å². The van der Waals surface area contributed by atoms with Crippen LogP contribution in [-0.4, -0.2) is 21.7 Å². The maximum Gasteiger partial charge on any atom is 0.250 e. The summed E-state index contributed by atoms with van der Waals surface area (Å²) in [4.78, 5) is 22.3. The molecule has 18 heavy (non-hydrogen) atoms. The van der Waals surface area contributed by atoms with Gasteiger partial charge in [-0.05, 0) is 12.0 Å². The van der Waals surface area contributed by atoms with Gasteiger partial charge in [0.2, 0.25) is 5.78 Å². The highest BCUT2D eigenvalue weighted by molar-refractivity contribution is 6.76. The van der Waals surface area contributed by atoms with Crippen molar-refractivity contribution in [3.8, 4) is 0 Å². The van der Waals surface area contributed by atoms with Crippen LogP contribution in [0, 0.1) is 0 Å². The van der Waals surface area contributed by atoms with E-state index in [9.17, 15) is 14.7 Å². The fourth-order valence-corrected chi connectivity index (χ4v) is 1.79. The van der Waals surface area contributed by atoms with E-state index in [0.717, 1.165) is 5.56 Å². The third-order valence-corrected chi connectivity index (χ3v) is 2.73. The van der Waals surface area contributed by atoms with E-state index in [1.165, 1.54) is 0 Å². The van der Waals surface area contributed by atoms with Crippen molar-refractivity contribution in [2.75, 3.05) is 0 Å². The standard InChI is InChI=1S/C11H10Cl3NO3/c12-11(13,14)9(16)8(15-10(17)18)6-7-4-2-1-3-5-7/h1-5,8,15H,6H2,(H,17,18)/p-1. The van der Waals surface area contributed by atoms with E-state index in [0.29, 0.717) is 0 Å². The predicted octanol–water partition coefficient (Wildman–Crippen LogP) is 1.47. The molecule has 0 radical (unpaired) electrons. The lowest BCUT2D eigenvalue weighted by Gasteiger charge is -2.22. The van der Waals surface area contributed by atoms with Gasteiger partial charge < -0.3 is 15.2 Å². The van der Waals surface area contributed by atoms with Crippen LogP contribution < -0.4 is 10.4 Å². The van der Waals surface area contributed by atoms with Gasteiger partial charge in [-0.15, -0.1) is 0 Å². The summed E-state index contributed by atoms with van der Waals surface area (Å²) in [5, 5.41) is 12.5. The van der Waals surface area contributed by atoms with E-state index in [-0.39, 0.29) is 6.42 Å². The molecule has 7 heteroatoms. The number of Topliss-reactive ketones (excluding diaryl/α,β-unsaturated/α-hetero) is 1. The van der Waals surface area contributed by atoms with Crippen molar-refractivity contribution in [1.82, 2.24) is 5.32 Å². The minimum Gasteiger partial charge on any atom is -0.530 e. The maximum absolute atomic E-state index is 11.8. The van der Waals surface area contributed by atoms with E-state index < -0.39 is 21.7 Å². The number of nitrogens with one attached hydrogen (secondary N) is 1. The minimum absolute atomic E-state index is 0.0849. The van der Waals surface area contributed by atoms with Crippen molar-refractivity contribution in [2.24, 2.45) is 0 Å². The number of hydrogen-bond donors (Lipinski definition) is 1. The Morgan fingerprint density at radius 2 is 1.78 bits per heavy atom. The molecule has 0 spiro atoms. The molecule has 1 unspecified atom stereocenters. The van der Waals surface area contributed by atoms with Crippen molar-refractivity contribution in [2.45, 2.75) is 16.3 Å². The van der Waals surface area contributed by atoms with Gasteiger partial charge in [0.25, 0.3) is 3.79 Å². The first-order valence-corrected chi connectivity index (χ1v) is 6.06. The summed E-state index contributed by atoms with van der Waals surface area (Å²) in [5.74, 6) is -0.847. The Morgan fingerprint density at radius 3 is 2.22 bits per heavy atom. The van der Waals surface area contributed by atoms with E-state index in [1.807, 2.05) is 5.32 Å². The molecule has 1 atom stereocenters. The first kappa shape index (κ1) is 15.1. The second kappa shape index (κ2) is 6.27. The Balaban J connectivity index is 2.86. The zero-order chi connectivity index (χ0) is 13.8. The summed E-state index contributed by atoms with van der Waals surface area (Å²) >= 11 is 16.4. The van der Waals surface area contributed by atoms with Crippen LogP contribution in [0.1, 0.15) is 5.56 Å². The summed E-state index contributed by atoms with van der Waals surface area (Å²) in [6.07, 6.45) is -1.51. The lowest BCUT2D eigenvalue weighted by atomic mass is 10.0. The molecule has 0 bridgehead atoms. The van der Waals surface area contributed by atoms with Crippen LogP contribution >= 0.6 is 34.8 Å². The number of hydrogen-bond acceptors (Lipinski definition) is 3. The van der Waals surface area contributed by atoms with Gasteiger partial charge in [0.15, 0.2) is 0 Å². The number of rotatable bonds is 4. The molecule has 0 saturated carbocycles. The fraction of sp³-hybridized carbons (Fsp3) is 0.273. The van der Waals surface area contributed by atoms with Crippen LogP contribution in [0.25, 0.3) is 0 Å². The van der Waals surface area contributed by atoms with Crippen molar-refractivity contribution in [3.05, 3.63) is 35.9 Å². The highest BCUT2D eigenvalue weighted by Gasteiger charge is 2.36. The molecule has 98 valence electrons. The van der Waals surface area contributed by atoms with E-state index in [2.05, 4.69) is 0 Å². The molecule has 4 nitrogen and oxygen atoms in total. The van der Waals surface area contributed by atoms with Crippen molar-refractivity contribution in [3.63, 3.8) is 0 Å². The molecule has 0 aliphatic rings. The van der Waals surface area contributed by atoms with Gasteiger partial charge in [0.1, 0.15) is 6.09 Å². The van der Waals surface area contributed by atoms with E-state index in [1.54, 1.807) is 30.3 Å². The smallest absolute Gasteiger partial charge is 0.250 e. The molecular weight excluding hydrogens is 300 g/mol. The van der Waals surface area contributed by atoms with Crippen LogP contribution in [-0.2, 0) is 11.2 Å². The molecule has 0 aliphatic carbocycles. The average molecular weight is 310 g/mol. The van der Waals surface area contributed by atoms with Crippen molar-refractivity contribution in [1.29, 1.82) is 0 Å². The molecule has 0 saturated heterocycles. The summed E-state index contributed by atoms with van der Waals surface area (Å²) < 4.78 is -2.18. The summed E-state index contributed by atoms with van der Waals surface area (Å²) in [6, 6.07) is 7.60. The lowest BCUT2D eigenvalue weighted by molar-refractivity contribution is -0.251. The van der Waals surface area contributed by atoms with E-state index in [4.69, 9.17) is 34.8 Å². The topological polar surface area (TPSA) is 69.2 Å². The average Bonchev–Trinajstić information content (AvgIpc) is 2.26. The molecular formula is C11H9Cl3NO3-. The van der Waals surface area contributed by atoms with E-state index >= 15 is 0 Å². The number of carbonyl (C=O) groups excluding carboxylic acids is 2. The lowest BCUT2D eigenvalue weighted by Crippen LogP contribution is -2.51. The minimum atomic E-state index is -2.18. The Bertz CT molecular complexity index is 431. The monoisotopic (exact) mass is 308 g/mol. The second-order valence-corrected chi connectivity index (χ2v) is 5.82. The van der Waals surface area contributed by atoms with Gasteiger partial charge in [-0.1, -0.05) is 65.1 Å². The first-order valence-electron chi connectivity index (χ1n) is 4.93. The number of carboxylic acid groups (broad SMARTS) is 1. The SMILES string of the molecule is O=C([O-])NC(Cc1ccccc1)C(=O)C(Cl)(Cl)Cl. The van der Waals surface area contributed by atoms with Gasteiger partial charge in [-0.2, -0.15) is 0 Å². The van der Waals surface area contributed by atoms with Crippen LogP contribution in [0.2, 0.25) is 0 Å². The second-order valence-electron chi connectivity index (χ2n) is 3.54. The molecule has 0 fully saturated rings. The van der Waals surface area contributed by atoms with Gasteiger partial charge in [-0.3, -0.25) is 4.79 Å². The maximum atomic E-state index is 11.8. The highest BCUT2D eigenvalue weighted by atomic mass is 35.6. The van der Waals surface area contributed by atoms with Crippen LogP contribution in [0.3, 0.4) is 0 Å². The number of halogens is 3. The summed E-state index contributed by atoms with van der Waals surface area (Å²) in [6.45, 7) is 0.